The average Bonchev–Trinajstić information content (AvgIpc) is 2.20. The lowest BCUT2D eigenvalue weighted by Gasteiger charge is -2.05. The number of hydrogen-bond donors (Lipinski definition) is 0. The van der Waals surface area contributed by atoms with E-state index in [1.807, 2.05) is 0 Å². The van der Waals surface area contributed by atoms with Crippen LogP contribution in [0.3, 0.4) is 0 Å². The fourth-order valence-corrected chi connectivity index (χ4v) is 1.37. The zero-order chi connectivity index (χ0) is 11.7. The molecule has 0 saturated heterocycles. The van der Waals surface area contributed by atoms with E-state index in [2.05, 4.69) is 6.07 Å². The van der Waals surface area contributed by atoms with Crippen molar-refractivity contribution in [2.75, 3.05) is 0 Å². The van der Waals surface area contributed by atoms with Crippen LogP contribution < -0.4 is 0 Å². The Morgan fingerprint density at radius 2 is 1.50 bits per heavy atom. The maximum atomic E-state index is 13.3. The van der Waals surface area contributed by atoms with Crippen molar-refractivity contribution in [1.29, 1.82) is 0 Å². The van der Waals surface area contributed by atoms with Crippen LogP contribution in [0, 0.1) is 29.3 Å². The Hall–Kier alpha value is -1.84. The lowest BCUT2D eigenvalue weighted by molar-refractivity contribution is 0.570. The average molecular weight is 225 g/mol. The third-order valence-corrected chi connectivity index (χ3v) is 2.07. The largest absolute Gasteiger partial charge is 0.207 e. The molecule has 0 atom stereocenters. The topological polar surface area (TPSA) is 0 Å². The van der Waals surface area contributed by atoms with Crippen LogP contribution in [0.4, 0.5) is 17.6 Å². The molecule has 0 spiro atoms. The van der Waals surface area contributed by atoms with E-state index in [0.717, 1.165) is 24.3 Å². The highest BCUT2D eigenvalue weighted by molar-refractivity contribution is 5.64. The van der Waals surface area contributed by atoms with E-state index in [9.17, 15) is 17.6 Å². The number of hydrogen-bond acceptors (Lipinski definition) is 0. The quantitative estimate of drug-likeness (QED) is 0.649. The fraction of sp³-hybridized carbons (Fsp3) is 0. The molecule has 16 heavy (non-hydrogen) atoms. The van der Waals surface area contributed by atoms with Gasteiger partial charge in [-0.1, -0.05) is 6.07 Å². The first-order chi connectivity index (χ1) is 7.59. The summed E-state index contributed by atoms with van der Waals surface area (Å²) in [6.45, 7) is 0. The number of halogens is 4. The Balaban J connectivity index is 2.68. The van der Waals surface area contributed by atoms with Crippen LogP contribution in [0.1, 0.15) is 0 Å². The minimum absolute atomic E-state index is 0.419. The number of benzene rings is 2. The smallest absolute Gasteiger partial charge is 0.134 e. The molecule has 0 aromatic heterocycles. The standard InChI is InChI=1S/C12H5F4/c13-7-4-5-8(11(16)6-7)12-9(14)2-1-3-10(12)15/h1-4,6H. The van der Waals surface area contributed by atoms with E-state index >= 15 is 0 Å². The summed E-state index contributed by atoms with van der Waals surface area (Å²) in [6, 6.07) is 6.70. The molecule has 0 heterocycles. The van der Waals surface area contributed by atoms with Gasteiger partial charge in [0.1, 0.15) is 23.3 Å². The van der Waals surface area contributed by atoms with Gasteiger partial charge in [-0.15, -0.1) is 0 Å². The van der Waals surface area contributed by atoms with Gasteiger partial charge in [-0.25, -0.2) is 17.6 Å². The molecule has 0 N–H and O–H groups in total. The van der Waals surface area contributed by atoms with Crippen molar-refractivity contribution in [3.63, 3.8) is 0 Å². The molecule has 0 aliphatic carbocycles. The summed E-state index contributed by atoms with van der Waals surface area (Å²) in [5, 5.41) is 0. The van der Waals surface area contributed by atoms with E-state index in [1.54, 1.807) is 0 Å². The maximum Gasteiger partial charge on any atom is 0.134 e. The molecule has 0 amide bonds. The molecule has 1 radical (unpaired) electrons. The molecule has 2 aromatic carbocycles. The van der Waals surface area contributed by atoms with Gasteiger partial charge < -0.3 is 0 Å². The Kier molecular flexibility index (Phi) is 2.64. The molecule has 0 nitrogen and oxygen atoms in total. The first-order valence-electron chi connectivity index (χ1n) is 4.40. The molecule has 2 aromatic rings. The highest BCUT2D eigenvalue weighted by Crippen LogP contribution is 2.28. The van der Waals surface area contributed by atoms with E-state index in [-0.39, 0.29) is 0 Å². The lowest BCUT2D eigenvalue weighted by Crippen LogP contribution is -1.93. The molecule has 0 saturated carbocycles. The second kappa shape index (κ2) is 3.96. The summed E-state index contributed by atoms with van der Waals surface area (Å²) in [4.78, 5) is 0. The fourth-order valence-electron chi connectivity index (χ4n) is 1.37. The zero-order valence-electron chi connectivity index (χ0n) is 7.90. The van der Waals surface area contributed by atoms with Crippen molar-refractivity contribution < 1.29 is 17.6 Å². The van der Waals surface area contributed by atoms with Crippen molar-refractivity contribution in [2.45, 2.75) is 0 Å². The van der Waals surface area contributed by atoms with E-state index in [0.29, 0.717) is 6.07 Å². The third kappa shape index (κ3) is 1.78. The van der Waals surface area contributed by atoms with Crippen LogP contribution in [-0.4, -0.2) is 0 Å². The molecule has 0 aliphatic heterocycles. The van der Waals surface area contributed by atoms with E-state index in [4.69, 9.17) is 0 Å². The van der Waals surface area contributed by atoms with Gasteiger partial charge in [-0.05, 0) is 24.3 Å². The predicted octanol–water partition coefficient (Wildman–Crippen LogP) is 3.71. The third-order valence-electron chi connectivity index (χ3n) is 2.07. The Morgan fingerprint density at radius 1 is 0.875 bits per heavy atom. The van der Waals surface area contributed by atoms with Crippen molar-refractivity contribution in [2.24, 2.45) is 0 Å². The normalized spacial score (nSPS) is 10.5. The molecular formula is C12H5F4. The van der Waals surface area contributed by atoms with Crippen LogP contribution in [0.5, 0.6) is 0 Å². The van der Waals surface area contributed by atoms with Crippen molar-refractivity contribution in [3.05, 3.63) is 59.7 Å². The van der Waals surface area contributed by atoms with Crippen LogP contribution in [0.25, 0.3) is 11.1 Å². The maximum absolute atomic E-state index is 13.3. The van der Waals surface area contributed by atoms with Gasteiger partial charge in [0.15, 0.2) is 0 Å². The summed E-state index contributed by atoms with van der Waals surface area (Å²) in [7, 11) is 0. The first kappa shape index (κ1) is 10.7. The summed E-state index contributed by atoms with van der Waals surface area (Å²) < 4.78 is 52.5. The molecule has 0 bridgehead atoms. The SMILES string of the molecule is Fc1c[c]c(-c2c(F)cccc2F)c(F)c1. The first-order valence-corrected chi connectivity index (χ1v) is 4.40. The Labute approximate surface area is 89.2 Å². The molecule has 0 unspecified atom stereocenters. The van der Waals surface area contributed by atoms with Gasteiger partial charge in [0.25, 0.3) is 0 Å². The monoisotopic (exact) mass is 225 g/mol. The molecule has 4 heteroatoms. The highest BCUT2D eigenvalue weighted by Gasteiger charge is 2.15. The van der Waals surface area contributed by atoms with Crippen molar-refractivity contribution in [3.8, 4) is 11.1 Å². The van der Waals surface area contributed by atoms with Gasteiger partial charge in [0.05, 0.1) is 5.56 Å². The van der Waals surface area contributed by atoms with Crippen LogP contribution in [0.2, 0.25) is 0 Å². The Bertz CT molecular complexity index is 514. The van der Waals surface area contributed by atoms with Gasteiger partial charge in [0.2, 0.25) is 0 Å². The van der Waals surface area contributed by atoms with Crippen molar-refractivity contribution in [1.82, 2.24) is 0 Å². The summed E-state index contributed by atoms with van der Waals surface area (Å²) in [6.07, 6.45) is 0. The van der Waals surface area contributed by atoms with Gasteiger partial charge in [0, 0.05) is 11.6 Å². The van der Waals surface area contributed by atoms with E-state index < -0.39 is 34.4 Å². The van der Waals surface area contributed by atoms with Crippen LogP contribution in [0.15, 0.2) is 30.3 Å². The zero-order valence-corrected chi connectivity index (χ0v) is 7.90. The second-order valence-electron chi connectivity index (χ2n) is 3.14. The predicted molar refractivity (Wildman–Crippen MR) is 50.5 cm³/mol. The molecule has 0 aliphatic rings. The van der Waals surface area contributed by atoms with Gasteiger partial charge in [-0.3, -0.25) is 0 Å². The summed E-state index contributed by atoms with van der Waals surface area (Å²) >= 11 is 0. The van der Waals surface area contributed by atoms with Crippen molar-refractivity contribution >= 4 is 0 Å². The molecule has 2 rings (SSSR count). The summed E-state index contributed by atoms with van der Waals surface area (Å²) in [5.74, 6) is -3.73. The van der Waals surface area contributed by atoms with Gasteiger partial charge in [-0.2, -0.15) is 0 Å². The lowest BCUT2D eigenvalue weighted by atomic mass is 10.0. The van der Waals surface area contributed by atoms with Crippen LogP contribution >= 0.6 is 0 Å². The molecular weight excluding hydrogens is 220 g/mol. The number of rotatable bonds is 1. The molecule has 0 fully saturated rings. The second-order valence-corrected chi connectivity index (χ2v) is 3.14. The summed E-state index contributed by atoms with van der Waals surface area (Å²) in [5.41, 5.74) is -0.961. The Morgan fingerprint density at radius 3 is 2.06 bits per heavy atom. The highest BCUT2D eigenvalue weighted by atomic mass is 19.1. The van der Waals surface area contributed by atoms with Crippen LogP contribution in [-0.2, 0) is 0 Å². The minimum Gasteiger partial charge on any atom is -0.207 e. The molecule has 81 valence electrons. The van der Waals surface area contributed by atoms with Gasteiger partial charge >= 0.3 is 0 Å². The minimum atomic E-state index is -1.05. The van der Waals surface area contributed by atoms with E-state index in [1.165, 1.54) is 0 Å².